The summed E-state index contributed by atoms with van der Waals surface area (Å²) in [7, 11) is 0. The molecule has 0 aliphatic heterocycles. The molecule has 8 heteroatoms. The van der Waals surface area contributed by atoms with E-state index in [4.69, 9.17) is 5.73 Å². The smallest absolute Gasteiger partial charge is 0.269 e. The second-order valence-corrected chi connectivity index (χ2v) is 4.27. The van der Waals surface area contributed by atoms with E-state index in [0.717, 1.165) is 5.56 Å². The van der Waals surface area contributed by atoms with Gasteiger partial charge in [0.15, 0.2) is 5.69 Å². The lowest BCUT2D eigenvalue weighted by molar-refractivity contribution is -0.384. The van der Waals surface area contributed by atoms with Gasteiger partial charge in [0.1, 0.15) is 5.82 Å². The van der Waals surface area contributed by atoms with Gasteiger partial charge in [-0.2, -0.15) is 0 Å². The third-order valence-corrected chi connectivity index (χ3v) is 2.78. The predicted octanol–water partition coefficient (Wildman–Crippen LogP) is 1.14. The molecule has 0 unspecified atom stereocenters. The van der Waals surface area contributed by atoms with E-state index in [1.807, 2.05) is 0 Å². The van der Waals surface area contributed by atoms with Crippen molar-refractivity contribution in [3.8, 4) is 0 Å². The number of carbonyl (C=O) groups excluding carboxylic acids is 1. The average Bonchev–Trinajstić information content (AvgIpc) is 2.48. The molecule has 21 heavy (non-hydrogen) atoms. The number of carbonyl (C=O) groups is 1. The second-order valence-electron chi connectivity index (χ2n) is 4.27. The van der Waals surface area contributed by atoms with Crippen molar-refractivity contribution < 1.29 is 9.72 Å². The minimum atomic E-state index is -0.625. The first-order chi connectivity index (χ1) is 10.1. The van der Waals surface area contributed by atoms with Crippen LogP contribution in [0.1, 0.15) is 16.1 Å². The molecule has 0 bridgehead atoms. The van der Waals surface area contributed by atoms with E-state index in [-0.39, 0.29) is 11.4 Å². The van der Waals surface area contributed by atoms with Crippen LogP contribution in [0.2, 0.25) is 0 Å². The van der Waals surface area contributed by atoms with Crippen LogP contribution < -0.4 is 11.1 Å². The molecule has 0 atom stereocenters. The molecular formula is C13H13N5O3. The number of nitro benzene ring substituents is 1. The van der Waals surface area contributed by atoms with Gasteiger partial charge in [-0.15, -0.1) is 10.2 Å². The number of hydrogen-bond acceptors (Lipinski definition) is 6. The summed E-state index contributed by atoms with van der Waals surface area (Å²) >= 11 is 0. The molecule has 0 aliphatic rings. The van der Waals surface area contributed by atoms with E-state index in [1.165, 1.54) is 18.2 Å². The summed E-state index contributed by atoms with van der Waals surface area (Å²) in [6, 6.07) is 9.46. The molecule has 1 aromatic heterocycles. The maximum atomic E-state index is 10.8. The fourth-order valence-corrected chi connectivity index (χ4v) is 1.68. The lowest BCUT2D eigenvalue weighted by Gasteiger charge is -2.05. The third-order valence-electron chi connectivity index (χ3n) is 2.78. The summed E-state index contributed by atoms with van der Waals surface area (Å²) in [6.45, 7) is 0.586. The number of primary amides is 1. The summed E-state index contributed by atoms with van der Waals surface area (Å²) in [5, 5.41) is 21.1. The summed E-state index contributed by atoms with van der Waals surface area (Å²) in [5.74, 6) is -0.0955. The van der Waals surface area contributed by atoms with Gasteiger partial charge in [0.05, 0.1) is 4.92 Å². The molecule has 0 saturated carbocycles. The van der Waals surface area contributed by atoms with Crippen LogP contribution in [-0.4, -0.2) is 27.6 Å². The molecule has 1 aromatic carbocycles. The average molecular weight is 287 g/mol. The standard InChI is InChI=1S/C13H13N5O3/c14-13(19)11-5-6-12(17-16-11)15-8-7-9-1-3-10(4-2-9)18(20)21/h1-6H,7-8H2,(H2,14,19)(H,15,17). The topological polar surface area (TPSA) is 124 Å². The number of rotatable bonds is 6. The summed E-state index contributed by atoms with van der Waals surface area (Å²) in [4.78, 5) is 20.9. The van der Waals surface area contributed by atoms with Crippen LogP contribution >= 0.6 is 0 Å². The highest BCUT2D eigenvalue weighted by Crippen LogP contribution is 2.12. The Balaban J connectivity index is 1.86. The predicted molar refractivity (Wildman–Crippen MR) is 75.8 cm³/mol. The van der Waals surface area contributed by atoms with Gasteiger partial charge in [0.25, 0.3) is 11.6 Å². The van der Waals surface area contributed by atoms with Crippen molar-refractivity contribution >= 4 is 17.4 Å². The maximum Gasteiger partial charge on any atom is 0.269 e. The monoisotopic (exact) mass is 287 g/mol. The van der Waals surface area contributed by atoms with Crippen LogP contribution in [0.3, 0.4) is 0 Å². The molecule has 1 heterocycles. The first kappa shape index (κ1) is 14.4. The summed E-state index contributed by atoms with van der Waals surface area (Å²) in [5.41, 5.74) is 6.21. The van der Waals surface area contributed by atoms with Crippen molar-refractivity contribution in [3.05, 3.63) is 57.8 Å². The maximum absolute atomic E-state index is 10.8. The van der Waals surface area contributed by atoms with Gasteiger partial charge in [-0.25, -0.2) is 0 Å². The number of non-ortho nitro benzene ring substituents is 1. The Labute approximate surface area is 120 Å². The number of amides is 1. The molecule has 0 radical (unpaired) electrons. The SMILES string of the molecule is NC(=O)c1ccc(NCCc2ccc([N+](=O)[O-])cc2)nn1. The molecule has 0 spiro atoms. The van der Waals surface area contributed by atoms with Gasteiger partial charge in [-0.05, 0) is 24.1 Å². The van der Waals surface area contributed by atoms with Crippen LogP contribution in [0.4, 0.5) is 11.5 Å². The Morgan fingerprint density at radius 3 is 2.43 bits per heavy atom. The Morgan fingerprint density at radius 2 is 1.90 bits per heavy atom. The van der Waals surface area contributed by atoms with E-state index < -0.39 is 10.8 Å². The highest BCUT2D eigenvalue weighted by molar-refractivity contribution is 5.90. The second kappa shape index (κ2) is 6.42. The fraction of sp³-hybridized carbons (Fsp3) is 0.154. The molecular weight excluding hydrogens is 274 g/mol. The van der Waals surface area contributed by atoms with Gasteiger partial charge < -0.3 is 11.1 Å². The third kappa shape index (κ3) is 3.96. The van der Waals surface area contributed by atoms with Crippen molar-refractivity contribution in [2.75, 3.05) is 11.9 Å². The van der Waals surface area contributed by atoms with E-state index in [1.54, 1.807) is 18.2 Å². The fourth-order valence-electron chi connectivity index (χ4n) is 1.68. The molecule has 2 aromatic rings. The number of nitrogens with zero attached hydrogens (tertiary/aromatic N) is 3. The largest absolute Gasteiger partial charge is 0.368 e. The van der Waals surface area contributed by atoms with Crippen molar-refractivity contribution in [3.63, 3.8) is 0 Å². The van der Waals surface area contributed by atoms with Crippen LogP contribution in [0.5, 0.6) is 0 Å². The lowest BCUT2D eigenvalue weighted by atomic mass is 10.1. The quantitative estimate of drug-likeness (QED) is 0.606. The molecule has 2 rings (SSSR count). The first-order valence-corrected chi connectivity index (χ1v) is 6.17. The zero-order valence-electron chi connectivity index (χ0n) is 11.0. The van der Waals surface area contributed by atoms with Crippen LogP contribution in [0, 0.1) is 10.1 Å². The van der Waals surface area contributed by atoms with Crippen LogP contribution in [-0.2, 0) is 6.42 Å². The Morgan fingerprint density at radius 1 is 1.19 bits per heavy atom. The zero-order valence-corrected chi connectivity index (χ0v) is 11.0. The Hall–Kier alpha value is -3.03. The number of nitro groups is 1. The molecule has 0 saturated heterocycles. The van der Waals surface area contributed by atoms with Crippen molar-refractivity contribution in [2.45, 2.75) is 6.42 Å². The molecule has 0 aliphatic carbocycles. The summed E-state index contributed by atoms with van der Waals surface area (Å²) < 4.78 is 0. The Bertz CT molecular complexity index is 582. The van der Waals surface area contributed by atoms with Gasteiger partial charge in [-0.3, -0.25) is 14.9 Å². The number of nitrogens with two attached hydrogens (primary N) is 1. The first-order valence-electron chi connectivity index (χ1n) is 6.17. The van der Waals surface area contributed by atoms with E-state index in [9.17, 15) is 14.9 Å². The van der Waals surface area contributed by atoms with Gasteiger partial charge in [0, 0.05) is 18.7 Å². The molecule has 3 N–H and O–H groups in total. The normalized spacial score (nSPS) is 10.1. The minimum absolute atomic E-state index is 0.0691. The number of benzene rings is 1. The van der Waals surface area contributed by atoms with E-state index >= 15 is 0 Å². The number of anilines is 1. The minimum Gasteiger partial charge on any atom is -0.368 e. The lowest BCUT2D eigenvalue weighted by Crippen LogP contribution is -2.14. The van der Waals surface area contributed by atoms with Gasteiger partial charge in [-0.1, -0.05) is 12.1 Å². The van der Waals surface area contributed by atoms with Crippen molar-refractivity contribution in [2.24, 2.45) is 5.73 Å². The van der Waals surface area contributed by atoms with Gasteiger partial charge >= 0.3 is 0 Å². The van der Waals surface area contributed by atoms with Gasteiger partial charge in [0.2, 0.25) is 0 Å². The van der Waals surface area contributed by atoms with E-state index in [0.29, 0.717) is 18.8 Å². The Kier molecular flexibility index (Phi) is 4.39. The molecule has 0 fully saturated rings. The molecule has 8 nitrogen and oxygen atoms in total. The zero-order chi connectivity index (χ0) is 15.2. The summed E-state index contributed by atoms with van der Waals surface area (Å²) in [6.07, 6.45) is 0.678. The van der Waals surface area contributed by atoms with Crippen LogP contribution in [0.25, 0.3) is 0 Å². The highest BCUT2D eigenvalue weighted by Gasteiger charge is 2.05. The number of nitrogens with one attached hydrogen (secondary N) is 1. The highest BCUT2D eigenvalue weighted by atomic mass is 16.6. The molecule has 1 amide bonds. The molecule has 108 valence electrons. The van der Waals surface area contributed by atoms with Crippen molar-refractivity contribution in [1.82, 2.24) is 10.2 Å². The van der Waals surface area contributed by atoms with Crippen molar-refractivity contribution in [1.29, 1.82) is 0 Å². The number of hydrogen-bond donors (Lipinski definition) is 2. The van der Waals surface area contributed by atoms with Crippen LogP contribution in [0.15, 0.2) is 36.4 Å². The number of aromatic nitrogens is 2. The van der Waals surface area contributed by atoms with E-state index in [2.05, 4.69) is 15.5 Å².